The summed E-state index contributed by atoms with van der Waals surface area (Å²) in [5, 5.41) is 2.54. The summed E-state index contributed by atoms with van der Waals surface area (Å²) in [7, 11) is -3.88. The van der Waals surface area contributed by atoms with Crippen molar-refractivity contribution >= 4 is 27.3 Å². The first-order valence-corrected chi connectivity index (χ1v) is 9.27. The molecule has 0 saturated carbocycles. The minimum atomic E-state index is -3.88. The fourth-order valence-corrected chi connectivity index (χ4v) is 3.35. The van der Waals surface area contributed by atoms with E-state index in [1.54, 1.807) is 6.07 Å². The van der Waals surface area contributed by atoms with E-state index in [0.29, 0.717) is 5.69 Å². The second-order valence-electron chi connectivity index (χ2n) is 5.60. The first kappa shape index (κ1) is 18.5. The topological polar surface area (TPSA) is 75.3 Å². The summed E-state index contributed by atoms with van der Waals surface area (Å²) < 4.78 is 52.9. The minimum Gasteiger partial charge on any atom is -0.322 e. The van der Waals surface area contributed by atoms with Gasteiger partial charge >= 0.3 is 0 Å². The predicted octanol–water partition coefficient (Wildman–Crippen LogP) is 4.02. The Bertz CT molecular complexity index is 1070. The molecule has 5 nitrogen and oxygen atoms in total. The molecule has 0 bridgehead atoms. The number of hydrogen-bond donors (Lipinski definition) is 2. The van der Waals surface area contributed by atoms with Gasteiger partial charge in [0, 0.05) is 16.9 Å². The third-order valence-corrected chi connectivity index (χ3v) is 5.00. The van der Waals surface area contributed by atoms with Gasteiger partial charge in [0.2, 0.25) is 0 Å². The van der Waals surface area contributed by atoms with Crippen LogP contribution < -0.4 is 10.0 Å². The largest absolute Gasteiger partial charge is 0.322 e. The lowest BCUT2D eigenvalue weighted by molar-refractivity contribution is 0.102. The molecule has 0 saturated heterocycles. The zero-order chi connectivity index (χ0) is 19.4. The van der Waals surface area contributed by atoms with Gasteiger partial charge in [0.15, 0.2) is 0 Å². The van der Waals surface area contributed by atoms with Gasteiger partial charge in [0.25, 0.3) is 15.9 Å². The van der Waals surface area contributed by atoms with Crippen LogP contribution >= 0.6 is 0 Å². The molecule has 0 fully saturated rings. The number of hydrogen-bond acceptors (Lipinski definition) is 3. The summed E-state index contributed by atoms with van der Waals surface area (Å²) in [4.78, 5) is 12.1. The fourth-order valence-electron chi connectivity index (χ4n) is 2.29. The lowest BCUT2D eigenvalue weighted by atomic mass is 10.2. The molecule has 0 aliphatic carbocycles. The van der Waals surface area contributed by atoms with E-state index in [4.69, 9.17) is 0 Å². The highest BCUT2D eigenvalue weighted by molar-refractivity contribution is 7.92. The number of anilines is 2. The molecule has 0 aliphatic rings. The molecule has 0 aromatic heterocycles. The van der Waals surface area contributed by atoms with E-state index in [9.17, 15) is 22.0 Å². The summed E-state index contributed by atoms with van der Waals surface area (Å²) in [5.74, 6) is -1.48. The number of carbonyl (C=O) groups is 1. The summed E-state index contributed by atoms with van der Waals surface area (Å²) in [6, 6.07) is 15.6. The third kappa shape index (κ3) is 4.68. The van der Waals surface area contributed by atoms with Crippen LogP contribution in [0.1, 0.15) is 10.4 Å². The van der Waals surface area contributed by atoms with E-state index in [1.807, 2.05) is 0 Å². The molecule has 0 aliphatic heterocycles. The van der Waals surface area contributed by atoms with Gasteiger partial charge in [-0.05, 0) is 66.7 Å². The van der Waals surface area contributed by atoms with Crippen LogP contribution in [0.15, 0.2) is 77.7 Å². The number of amides is 1. The van der Waals surface area contributed by atoms with Crippen molar-refractivity contribution in [3.63, 3.8) is 0 Å². The number of nitrogens with one attached hydrogen (secondary N) is 2. The second kappa shape index (κ2) is 7.55. The number of rotatable bonds is 5. The van der Waals surface area contributed by atoms with E-state index in [2.05, 4.69) is 10.0 Å². The Labute approximate surface area is 154 Å². The van der Waals surface area contributed by atoms with E-state index in [-0.39, 0.29) is 16.1 Å². The fraction of sp³-hybridized carbons (Fsp3) is 0. The first-order valence-electron chi connectivity index (χ1n) is 7.79. The van der Waals surface area contributed by atoms with Crippen molar-refractivity contribution in [2.45, 2.75) is 4.90 Å². The van der Waals surface area contributed by atoms with Gasteiger partial charge in [-0.3, -0.25) is 9.52 Å². The molecule has 8 heteroatoms. The average molecular weight is 388 g/mol. The maximum absolute atomic E-state index is 13.2. The number of sulfonamides is 1. The van der Waals surface area contributed by atoms with Crippen LogP contribution in [-0.2, 0) is 10.0 Å². The number of benzene rings is 3. The van der Waals surface area contributed by atoms with E-state index < -0.39 is 27.6 Å². The Hall–Kier alpha value is -3.26. The second-order valence-corrected chi connectivity index (χ2v) is 7.28. The molecular weight excluding hydrogens is 374 g/mol. The molecular formula is C19H14F2N2O3S. The quantitative estimate of drug-likeness (QED) is 0.693. The molecule has 0 spiro atoms. The number of halogens is 2. The van der Waals surface area contributed by atoms with Gasteiger partial charge < -0.3 is 5.32 Å². The van der Waals surface area contributed by atoms with Crippen LogP contribution in [0.5, 0.6) is 0 Å². The summed E-state index contributed by atoms with van der Waals surface area (Å²) in [6.07, 6.45) is 0. The molecule has 0 atom stereocenters. The Kier molecular flexibility index (Phi) is 5.18. The Morgan fingerprint density at radius 2 is 1.44 bits per heavy atom. The summed E-state index contributed by atoms with van der Waals surface area (Å²) in [6.45, 7) is 0. The van der Waals surface area contributed by atoms with Gasteiger partial charge in [-0.1, -0.05) is 6.07 Å². The van der Waals surface area contributed by atoms with Gasteiger partial charge in [0.1, 0.15) is 11.6 Å². The molecule has 0 unspecified atom stereocenters. The average Bonchev–Trinajstić information content (AvgIpc) is 2.62. The highest BCUT2D eigenvalue weighted by atomic mass is 32.2. The predicted molar refractivity (Wildman–Crippen MR) is 98.0 cm³/mol. The van der Waals surface area contributed by atoms with E-state index in [1.165, 1.54) is 42.5 Å². The standard InChI is InChI=1S/C19H14F2N2O3S/c20-14-6-10-18(11-7-14)27(25,26)23-16-8-4-13(5-9-16)19(24)22-17-3-1-2-15(21)12-17/h1-12,23H,(H,22,24). The maximum atomic E-state index is 13.2. The van der Waals surface area contributed by atoms with Crippen molar-refractivity contribution in [1.29, 1.82) is 0 Å². The van der Waals surface area contributed by atoms with E-state index >= 15 is 0 Å². The Morgan fingerprint density at radius 1 is 0.778 bits per heavy atom. The summed E-state index contributed by atoms with van der Waals surface area (Å²) >= 11 is 0. The van der Waals surface area contributed by atoms with Crippen LogP contribution in [0, 0.1) is 11.6 Å². The van der Waals surface area contributed by atoms with Gasteiger partial charge in [0.05, 0.1) is 4.90 Å². The van der Waals surface area contributed by atoms with Crippen molar-refractivity contribution < 1.29 is 22.0 Å². The van der Waals surface area contributed by atoms with Gasteiger partial charge in [-0.2, -0.15) is 0 Å². The monoisotopic (exact) mass is 388 g/mol. The molecule has 0 heterocycles. The van der Waals surface area contributed by atoms with Crippen LogP contribution in [0.2, 0.25) is 0 Å². The third-order valence-electron chi connectivity index (χ3n) is 3.61. The number of carbonyl (C=O) groups excluding carboxylic acids is 1. The zero-order valence-corrected chi connectivity index (χ0v) is 14.6. The molecule has 3 aromatic carbocycles. The van der Waals surface area contributed by atoms with Crippen LogP contribution in [0.25, 0.3) is 0 Å². The van der Waals surface area contributed by atoms with Gasteiger partial charge in [-0.15, -0.1) is 0 Å². The molecule has 138 valence electrons. The Balaban J connectivity index is 1.71. The maximum Gasteiger partial charge on any atom is 0.261 e. The molecule has 3 aromatic rings. The lowest BCUT2D eigenvalue weighted by Crippen LogP contribution is -2.14. The van der Waals surface area contributed by atoms with Crippen LogP contribution in [-0.4, -0.2) is 14.3 Å². The normalized spacial score (nSPS) is 11.0. The minimum absolute atomic E-state index is 0.0863. The highest BCUT2D eigenvalue weighted by Crippen LogP contribution is 2.18. The molecule has 27 heavy (non-hydrogen) atoms. The van der Waals surface area contributed by atoms with Crippen LogP contribution in [0.4, 0.5) is 20.2 Å². The van der Waals surface area contributed by atoms with Crippen molar-refractivity contribution in [2.75, 3.05) is 10.0 Å². The summed E-state index contributed by atoms with van der Waals surface area (Å²) in [5.41, 5.74) is 0.812. The highest BCUT2D eigenvalue weighted by Gasteiger charge is 2.14. The van der Waals surface area contributed by atoms with Crippen molar-refractivity contribution in [3.8, 4) is 0 Å². The smallest absolute Gasteiger partial charge is 0.261 e. The molecule has 3 rings (SSSR count). The van der Waals surface area contributed by atoms with Gasteiger partial charge in [-0.25, -0.2) is 17.2 Å². The Morgan fingerprint density at radius 3 is 2.07 bits per heavy atom. The molecule has 0 radical (unpaired) electrons. The van der Waals surface area contributed by atoms with Crippen molar-refractivity contribution in [1.82, 2.24) is 0 Å². The molecule has 1 amide bonds. The zero-order valence-electron chi connectivity index (χ0n) is 13.8. The first-order chi connectivity index (χ1) is 12.8. The van der Waals surface area contributed by atoms with Crippen molar-refractivity contribution in [3.05, 3.63) is 90.0 Å². The SMILES string of the molecule is O=C(Nc1cccc(F)c1)c1ccc(NS(=O)(=O)c2ccc(F)cc2)cc1. The van der Waals surface area contributed by atoms with Crippen molar-refractivity contribution in [2.24, 2.45) is 0 Å². The molecule has 2 N–H and O–H groups in total. The van der Waals surface area contributed by atoms with E-state index in [0.717, 1.165) is 24.3 Å². The lowest BCUT2D eigenvalue weighted by Gasteiger charge is -2.09. The van der Waals surface area contributed by atoms with Crippen LogP contribution in [0.3, 0.4) is 0 Å².